The minimum absolute atomic E-state index is 0.227. The van der Waals surface area contributed by atoms with Gasteiger partial charge in [-0.3, -0.25) is 0 Å². The summed E-state index contributed by atoms with van der Waals surface area (Å²) >= 11 is 0. The number of carbonyl (C=O) groups is 2. The summed E-state index contributed by atoms with van der Waals surface area (Å²) in [5.41, 5.74) is 2.10. The Morgan fingerprint density at radius 1 is 1.03 bits per heavy atom. The van der Waals surface area contributed by atoms with Crippen LogP contribution in [0, 0.1) is 0 Å². The molecule has 0 bridgehead atoms. The lowest BCUT2D eigenvalue weighted by molar-refractivity contribution is 0.0526. The Morgan fingerprint density at radius 2 is 1.73 bits per heavy atom. The first-order valence-corrected chi connectivity index (χ1v) is 9.79. The number of aromatic carboxylic acids is 1. The number of benzene rings is 2. The summed E-state index contributed by atoms with van der Waals surface area (Å²) in [6, 6.07) is 14.4. The average Bonchev–Trinajstić information content (AvgIpc) is 2.69. The van der Waals surface area contributed by atoms with Crippen molar-refractivity contribution in [1.29, 1.82) is 0 Å². The van der Waals surface area contributed by atoms with E-state index in [9.17, 15) is 9.59 Å². The maximum atomic E-state index is 11.8. The summed E-state index contributed by atoms with van der Waals surface area (Å²) in [5, 5.41) is 12.8. The van der Waals surface area contributed by atoms with Gasteiger partial charge in [0.25, 0.3) is 0 Å². The van der Waals surface area contributed by atoms with Gasteiger partial charge in [-0.05, 0) is 45.4 Å². The second kappa shape index (κ2) is 8.90. The fourth-order valence-electron chi connectivity index (χ4n) is 2.98. The van der Waals surface area contributed by atoms with E-state index in [-0.39, 0.29) is 5.56 Å². The zero-order chi connectivity index (χ0) is 21.7. The van der Waals surface area contributed by atoms with Gasteiger partial charge in [0.15, 0.2) is 0 Å². The van der Waals surface area contributed by atoms with Crippen LogP contribution in [0.25, 0.3) is 22.2 Å². The van der Waals surface area contributed by atoms with Crippen molar-refractivity contribution >= 4 is 23.0 Å². The first kappa shape index (κ1) is 21.2. The van der Waals surface area contributed by atoms with Crippen LogP contribution in [-0.2, 0) is 11.2 Å². The van der Waals surface area contributed by atoms with E-state index in [1.165, 1.54) is 0 Å². The number of para-hydroxylation sites is 1. The standard InChI is InChI=1S/C23H25N3O4/c1-23(2,3)30-22(29)24-14-6-9-19-25-18-8-5-4-7-17(18)20(26-19)15-10-12-16(13-11-15)21(27)28/h4-5,7-8,10-13H,6,9,14H2,1-3H3,(H,24,29)(H,27,28). The monoisotopic (exact) mass is 407 g/mol. The molecule has 156 valence electrons. The van der Waals surface area contributed by atoms with E-state index in [0.29, 0.717) is 25.2 Å². The number of rotatable bonds is 6. The minimum Gasteiger partial charge on any atom is -0.478 e. The van der Waals surface area contributed by atoms with Crippen LogP contribution < -0.4 is 5.32 Å². The Hall–Kier alpha value is -3.48. The molecule has 7 nitrogen and oxygen atoms in total. The van der Waals surface area contributed by atoms with Crippen molar-refractivity contribution < 1.29 is 19.4 Å². The summed E-state index contributed by atoms with van der Waals surface area (Å²) in [7, 11) is 0. The molecule has 2 aromatic carbocycles. The molecule has 0 saturated heterocycles. The number of hydrogen-bond acceptors (Lipinski definition) is 5. The molecule has 1 heterocycles. The van der Waals surface area contributed by atoms with Crippen molar-refractivity contribution in [2.75, 3.05) is 6.54 Å². The summed E-state index contributed by atoms with van der Waals surface area (Å²) in [6.07, 6.45) is 0.802. The highest BCUT2D eigenvalue weighted by Crippen LogP contribution is 2.26. The van der Waals surface area contributed by atoms with Gasteiger partial charge < -0.3 is 15.2 Å². The van der Waals surface area contributed by atoms with Gasteiger partial charge in [-0.2, -0.15) is 0 Å². The number of alkyl carbamates (subject to hydrolysis) is 1. The van der Waals surface area contributed by atoms with Gasteiger partial charge in [0, 0.05) is 23.9 Å². The molecule has 0 fully saturated rings. The van der Waals surface area contributed by atoms with E-state index in [4.69, 9.17) is 14.8 Å². The lowest BCUT2D eigenvalue weighted by Crippen LogP contribution is -2.33. The number of hydrogen-bond donors (Lipinski definition) is 2. The molecule has 0 saturated carbocycles. The van der Waals surface area contributed by atoms with Crippen LogP contribution in [0.15, 0.2) is 48.5 Å². The van der Waals surface area contributed by atoms with Crippen molar-refractivity contribution in [2.45, 2.75) is 39.2 Å². The van der Waals surface area contributed by atoms with Crippen LogP contribution in [0.1, 0.15) is 43.4 Å². The molecule has 0 radical (unpaired) electrons. The molecule has 7 heteroatoms. The van der Waals surface area contributed by atoms with Gasteiger partial charge in [-0.25, -0.2) is 19.6 Å². The Bertz CT molecular complexity index is 1060. The van der Waals surface area contributed by atoms with Gasteiger partial charge in [0.05, 0.1) is 16.8 Å². The molecule has 3 aromatic rings. The van der Waals surface area contributed by atoms with Gasteiger partial charge in [0.1, 0.15) is 11.4 Å². The number of aryl methyl sites for hydroxylation is 1. The molecule has 1 amide bonds. The SMILES string of the molecule is CC(C)(C)OC(=O)NCCCc1nc(-c2ccc(C(=O)O)cc2)c2ccccc2n1. The van der Waals surface area contributed by atoms with E-state index < -0.39 is 17.7 Å². The number of ether oxygens (including phenoxy) is 1. The molecule has 30 heavy (non-hydrogen) atoms. The maximum Gasteiger partial charge on any atom is 0.407 e. The molecule has 0 unspecified atom stereocenters. The van der Waals surface area contributed by atoms with Crippen LogP contribution >= 0.6 is 0 Å². The highest BCUT2D eigenvalue weighted by molar-refractivity contribution is 5.93. The molecule has 0 spiro atoms. The van der Waals surface area contributed by atoms with Gasteiger partial charge in [0.2, 0.25) is 0 Å². The van der Waals surface area contributed by atoms with E-state index in [2.05, 4.69) is 10.3 Å². The zero-order valence-corrected chi connectivity index (χ0v) is 17.3. The van der Waals surface area contributed by atoms with Crippen LogP contribution in [0.2, 0.25) is 0 Å². The van der Waals surface area contributed by atoms with Crippen molar-refractivity contribution in [3.8, 4) is 11.3 Å². The zero-order valence-electron chi connectivity index (χ0n) is 17.3. The summed E-state index contributed by atoms with van der Waals surface area (Å²) in [6.45, 7) is 5.91. The summed E-state index contributed by atoms with van der Waals surface area (Å²) in [5.74, 6) is -0.302. The van der Waals surface area contributed by atoms with E-state index in [1.807, 2.05) is 45.0 Å². The number of nitrogens with zero attached hydrogens (tertiary/aromatic N) is 2. The van der Waals surface area contributed by atoms with Crippen molar-refractivity contribution in [1.82, 2.24) is 15.3 Å². The summed E-state index contributed by atoms with van der Waals surface area (Å²) in [4.78, 5) is 32.2. The third kappa shape index (κ3) is 5.53. The molecule has 2 N–H and O–H groups in total. The lowest BCUT2D eigenvalue weighted by atomic mass is 10.0. The Balaban J connectivity index is 1.76. The number of carbonyl (C=O) groups excluding carboxylic acids is 1. The number of amides is 1. The third-order valence-corrected chi connectivity index (χ3v) is 4.30. The fraction of sp³-hybridized carbons (Fsp3) is 0.304. The predicted octanol–water partition coefficient (Wildman–Crippen LogP) is 4.45. The number of nitrogens with one attached hydrogen (secondary N) is 1. The summed E-state index contributed by atoms with van der Waals surface area (Å²) < 4.78 is 5.23. The largest absolute Gasteiger partial charge is 0.478 e. The van der Waals surface area contributed by atoms with Gasteiger partial charge in [-0.1, -0.05) is 30.3 Å². The second-order valence-electron chi connectivity index (χ2n) is 7.92. The Labute approximate surface area is 175 Å². The quantitative estimate of drug-likeness (QED) is 0.585. The molecule has 0 aliphatic heterocycles. The first-order valence-electron chi connectivity index (χ1n) is 9.79. The topological polar surface area (TPSA) is 101 Å². The molecular weight excluding hydrogens is 382 g/mol. The maximum absolute atomic E-state index is 11.8. The lowest BCUT2D eigenvalue weighted by Gasteiger charge is -2.19. The fourth-order valence-corrected chi connectivity index (χ4v) is 2.98. The molecular formula is C23H25N3O4. The number of fused-ring (bicyclic) bond motifs is 1. The second-order valence-corrected chi connectivity index (χ2v) is 7.92. The van der Waals surface area contributed by atoms with E-state index in [0.717, 1.165) is 22.2 Å². The van der Waals surface area contributed by atoms with Crippen LogP contribution in [0.5, 0.6) is 0 Å². The third-order valence-electron chi connectivity index (χ3n) is 4.30. The number of carboxylic acid groups (broad SMARTS) is 1. The van der Waals surface area contributed by atoms with Gasteiger partial charge in [-0.15, -0.1) is 0 Å². The first-order chi connectivity index (χ1) is 14.2. The van der Waals surface area contributed by atoms with Crippen molar-refractivity contribution in [2.24, 2.45) is 0 Å². The van der Waals surface area contributed by atoms with Crippen LogP contribution in [0.3, 0.4) is 0 Å². The smallest absolute Gasteiger partial charge is 0.407 e. The molecule has 0 aliphatic rings. The van der Waals surface area contributed by atoms with Crippen molar-refractivity contribution in [3.63, 3.8) is 0 Å². The molecule has 0 atom stereocenters. The minimum atomic E-state index is -0.965. The van der Waals surface area contributed by atoms with E-state index in [1.54, 1.807) is 24.3 Å². The highest BCUT2D eigenvalue weighted by atomic mass is 16.6. The predicted molar refractivity (Wildman–Crippen MR) is 114 cm³/mol. The normalized spacial score (nSPS) is 11.3. The molecule has 1 aromatic heterocycles. The van der Waals surface area contributed by atoms with Crippen LogP contribution in [-0.4, -0.2) is 39.3 Å². The average molecular weight is 407 g/mol. The number of aromatic nitrogens is 2. The molecule has 0 aliphatic carbocycles. The Morgan fingerprint density at radius 3 is 2.40 bits per heavy atom. The Kier molecular flexibility index (Phi) is 6.30. The van der Waals surface area contributed by atoms with Gasteiger partial charge >= 0.3 is 12.1 Å². The highest BCUT2D eigenvalue weighted by Gasteiger charge is 2.16. The van der Waals surface area contributed by atoms with Crippen LogP contribution in [0.4, 0.5) is 4.79 Å². The van der Waals surface area contributed by atoms with E-state index >= 15 is 0 Å². The van der Waals surface area contributed by atoms with Crippen molar-refractivity contribution in [3.05, 3.63) is 59.9 Å². The molecule has 3 rings (SSSR count). The number of carboxylic acids is 1.